The van der Waals surface area contributed by atoms with Crippen molar-refractivity contribution in [1.29, 1.82) is 0 Å². The molecular weight excluding hydrogens is 232 g/mol. The molecule has 0 N–H and O–H groups in total. The first-order valence-electron chi connectivity index (χ1n) is 5.53. The minimum atomic E-state index is 0.701. The third kappa shape index (κ3) is 3.31. The lowest BCUT2D eigenvalue weighted by atomic mass is 9.92. The first-order chi connectivity index (χ1) is 7.97. The number of aldehydes is 1. The van der Waals surface area contributed by atoms with Gasteiger partial charge in [-0.2, -0.15) is 0 Å². The van der Waals surface area contributed by atoms with Crippen molar-refractivity contribution in [3.8, 4) is 0 Å². The number of carbonyl (C=O) groups is 1. The van der Waals surface area contributed by atoms with Gasteiger partial charge in [-0.15, -0.1) is 0 Å². The molecule has 0 saturated carbocycles. The quantitative estimate of drug-likeness (QED) is 0.432. The van der Waals surface area contributed by atoms with E-state index in [1.807, 2.05) is 52.0 Å². The zero-order valence-corrected chi connectivity index (χ0v) is 11.4. The van der Waals surface area contributed by atoms with Crippen molar-refractivity contribution in [2.45, 2.75) is 27.7 Å². The van der Waals surface area contributed by atoms with Gasteiger partial charge in [-0.05, 0) is 51.0 Å². The predicted octanol–water partition coefficient (Wildman–Crippen LogP) is 4.67. The van der Waals surface area contributed by atoms with Gasteiger partial charge in [0.05, 0.1) is 0 Å². The van der Waals surface area contributed by atoms with E-state index in [1.54, 1.807) is 0 Å². The van der Waals surface area contributed by atoms with E-state index < -0.39 is 0 Å². The Bertz CT molecular complexity index is 470. The lowest BCUT2D eigenvalue weighted by molar-refractivity contribution is -0.104. The highest BCUT2D eigenvalue weighted by molar-refractivity contribution is 6.30. The van der Waals surface area contributed by atoms with Crippen molar-refractivity contribution in [2.24, 2.45) is 0 Å². The van der Waals surface area contributed by atoms with Crippen molar-refractivity contribution >= 4 is 23.5 Å². The Morgan fingerprint density at radius 3 is 1.88 bits per heavy atom. The largest absolute Gasteiger partial charge is 0.298 e. The minimum absolute atomic E-state index is 0.701. The van der Waals surface area contributed by atoms with Crippen molar-refractivity contribution in [3.63, 3.8) is 0 Å². The number of hydrogen-bond donors (Lipinski definition) is 0. The van der Waals surface area contributed by atoms with Gasteiger partial charge >= 0.3 is 0 Å². The van der Waals surface area contributed by atoms with E-state index in [0.717, 1.165) is 34.1 Å². The summed E-state index contributed by atoms with van der Waals surface area (Å²) in [5, 5.41) is 0.701. The summed E-state index contributed by atoms with van der Waals surface area (Å²) in [6.45, 7) is 7.91. The second-order valence-corrected chi connectivity index (χ2v) is 4.85. The summed E-state index contributed by atoms with van der Waals surface area (Å²) < 4.78 is 0. The van der Waals surface area contributed by atoms with E-state index >= 15 is 0 Å². The van der Waals surface area contributed by atoms with Crippen LogP contribution < -0.4 is 0 Å². The van der Waals surface area contributed by atoms with E-state index in [9.17, 15) is 4.79 Å². The first-order valence-corrected chi connectivity index (χ1v) is 5.91. The number of halogens is 1. The van der Waals surface area contributed by atoms with Crippen LogP contribution in [0.3, 0.4) is 0 Å². The summed E-state index contributed by atoms with van der Waals surface area (Å²) >= 11 is 5.87. The Hall–Kier alpha value is -1.34. The Morgan fingerprint density at radius 2 is 1.53 bits per heavy atom. The van der Waals surface area contributed by atoms with E-state index in [4.69, 9.17) is 11.6 Å². The van der Waals surface area contributed by atoms with Gasteiger partial charge in [-0.25, -0.2) is 0 Å². The van der Waals surface area contributed by atoms with Crippen molar-refractivity contribution in [3.05, 3.63) is 51.6 Å². The van der Waals surface area contributed by atoms with E-state index in [1.165, 1.54) is 0 Å². The minimum Gasteiger partial charge on any atom is -0.298 e. The fourth-order valence-corrected chi connectivity index (χ4v) is 1.88. The maximum Gasteiger partial charge on any atom is 0.150 e. The maximum absolute atomic E-state index is 11.2. The maximum atomic E-state index is 11.2. The fraction of sp³-hybridized carbons (Fsp3) is 0.267. The zero-order valence-electron chi connectivity index (χ0n) is 10.7. The molecule has 0 atom stereocenters. The van der Waals surface area contributed by atoms with Gasteiger partial charge in [0.1, 0.15) is 0 Å². The summed E-state index contributed by atoms with van der Waals surface area (Å²) in [5.41, 5.74) is 4.92. The topological polar surface area (TPSA) is 17.1 Å². The van der Waals surface area contributed by atoms with Crippen LogP contribution in [0.25, 0.3) is 5.57 Å². The molecule has 0 bridgehead atoms. The number of rotatable bonds is 3. The van der Waals surface area contributed by atoms with Crippen molar-refractivity contribution in [2.75, 3.05) is 0 Å². The molecule has 17 heavy (non-hydrogen) atoms. The van der Waals surface area contributed by atoms with Crippen LogP contribution in [0.4, 0.5) is 0 Å². The number of benzene rings is 1. The van der Waals surface area contributed by atoms with Crippen LogP contribution in [-0.2, 0) is 4.79 Å². The second-order valence-electron chi connectivity index (χ2n) is 4.41. The molecule has 90 valence electrons. The van der Waals surface area contributed by atoms with Crippen LogP contribution in [0.15, 0.2) is 41.0 Å². The molecule has 0 aliphatic heterocycles. The van der Waals surface area contributed by atoms with Crippen LogP contribution in [0.1, 0.15) is 33.3 Å². The Morgan fingerprint density at radius 1 is 1.00 bits per heavy atom. The fourth-order valence-electron chi connectivity index (χ4n) is 1.76. The summed E-state index contributed by atoms with van der Waals surface area (Å²) in [6.07, 6.45) is 0.923. The van der Waals surface area contributed by atoms with Gasteiger partial charge in [0.25, 0.3) is 0 Å². The van der Waals surface area contributed by atoms with Gasteiger partial charge in [0.2, 0.25) is 0 Å². The Labute approximate surface area is 108 Å². The molecule has 0 spiro atoms. The first kappa shape index (κ1) is 13.7. The van der Waals surface area contributed by atoms with Crippen LogP contribution in [-0.4, -0.2) is 6.29 Å². The Balaban J connectivity index is 3.40. The van der Waals surface area contributed by atoms with Gasteiger partial charge < -0.3 is 0 Å². The number of hydrogen-bond acceptors (Lipinski definition) is 1. The summed E-state index contributed by atoms with van der Waals surface area (Å²) in [5.74, 6) is 0. The third-order valence-corrected chi connectivity index (χ3v) is 2.81. The normalized spacial score (nSPS) is 9.71. The van der Waals surface area contributed by atoms with Crippen molar-refractivity contribution in [1.82, 2.24) is 0 Å². The molecule has 1 rings (SSSR count). The third-order valence-electron chi connectivity index (χ3n) is 2.56. The van der Waals surface area contributed by atoms with Crippen LogP contribution >= 0.6 is 11.6 Å². The van der Waals surface area contributed by atoms with Gasteiger partial charge in [0, 0.05) is 10.6 Å². The molecule has 0 amide bonds. The van der Waals surface area contributed by atoms with Crippen LogP contribution in [0.2, 0.25) is 5.02 Å². The van der Waals surface area contributed by atoms with Gasteiger partial charge in [-0.1, -0.05) is 34.9 Å². The standard InChI is InChI=1S/C15H17ClO/c1-10(2)14(9-17)15(11(3)4)12-5-7-13(16)8-6-12/h5-9H,1-4H3. The molecule has 0 radical (unpaired) electrons. The highest BCUT2D eigenvalue weighted by atomic mass is 35.5. The summed E-state index contributed by atoms with van der Waals surface area (Å²) in [6, 6.07) is 7.56. The molecule has 0 fully saturated rings. The molecule has 1 aromatic carbocycles. The Kier molecular flexibility index (Phi) is 4.71. The lowest BCUT2D eigenvalue weighted by Gasteiger charge is -2.12. The molecule has 1 nitrogen and oxygen atoms in total. The van der Waals surface area contributed by atoms with E-state index in [-0.39, 0.29) is 0 Å². The molecule has 0 heterocycles. The number of carbonyl (C=O) groups excluding carboxylic acids is 1. The van der Waals surface area contributed by atoms with Gasteiger partial charge in [-0.3, -0.25) is 4.79 Å². The molecule has 0 unspecified atom stereocenters. The SMILES string of the molecule is CC(C)=C(C=O)C(=C(C)C)c1ccc(Cl)cc1. The zero-order chi connectivity index (χ0) is 13.0. The predicted molar refractivity (Wildman–Crippen MR) is 74.2 cm³/mol. The summed E-state index contributed by atoms with van der Waals surface area (Å²) in [7, 11) is 0. The monoisotopic (exact) mass is 248 g/mol. The molecule has 0 saturated heterocycles. The van der Waals surface area contributed by atoms with Crippen LogP contribution in [0, 0.1) is 0 Å². The van der Waals surface area contributed by atoms with Crippen LogP contribution in [0.5, 0.6) is 0 Å². The molecule has 0 aliphatic rings. The average Bonchev–Trinajstić information content (AvgIpc) is 2.26. The smallest absolute Gasteiger partial charge is 0.150 e. The summed E-state index contributed by atoms with van der Waals surface area (Å²) in [4.78, 5) is 11.2. The average molecular weight is 249 g/mol. The highest BCUT2D eigenvalue weighted by Gasteiger charge is 2.10. The van der Waals surface area contributed by atoms with E-state index in [0.29, 0.717) is 5.02 Å². The highest BCUT2D eigenvalue weighted by Crippen LogP contribution is 2.28. The molecule has 0 aromatic heterocycles. The molecular formula is C15H17ClO. The number of allylic oxidation sites excluding steroid dienone is 4. The van der Waals surface area contributed by atoms with Gasteiger partial charge in [0.15, 0.2) is 6.29 Å². The van der Waals surface area contributed by atoms with E-state index in [2.05, 4.69) is 0 Å². The second kappa shape index (κ2) is 5.83. The van der Waals surface area contributed by atoms with Crippen molar-refractivity contribution < 1.29 is 4.79 Å². The lowest BCUT2D eigenvalue weighted by Crippen LogP contribution is -1.96. The molecule has 2 heteroatoms. The molecule has 1 aromatic rings. The molecule has 0 aliphatic carbocycles.